The van der Waals surface area contributed by atoms with Crippen LogP contribution in [0.3, 0.4) is 0 Å². The molecule has 1 saturated heterocycles. The number of para-hydroxylation sites is 1. The second-order valence-corrected chi connectivity index (χ2v) is 10.5. The second kappa shape index (κ2) is 10.0. The van der Waals surface area contributed by atoms with Crippen LogP contribution >= 0.6 is 35.6 Å². The van der Waals surface area contributed by atoms with Crippen molar-refractivity contribution in [3.63, 3.8) is 0 Å². The summed E-state index contributed by atoms with van der Waals surface area (Å²) in [7, 11) is 0. The van der Waals surface area contributed by atoms with Crippen LogP contribution in [0.5, 0.6) is 11.5 Å². The van der Waals surface area contributed by atoms with Crippen molar-refractivity contribution in [3.8, 4) is 28.4 Å². The van der Waals surface area contributed by atoms with Crippen LogP contribution in [-0.4, -0.2) is 38.1 Å². The topological polar surface area (TPSA) is 56.6 Å². The van der Waals surface area contributed by atoms with Crippen molar-refractivity contribution in [2.45, 2.75) is 6.54 Å². The summed E-state index contributed by atoms with van der Waals surface area (Å²) in [6, 6.07) is 23.1. The van der Waals surface area contributed by atoms with E-state index in [0.29, 0.717) is 45.5 Å². The largest absolute Gasteiger partial charge is 0.486 e. The highest BCUT2D eigenvalue weighted by atomic mass is 35.5. The van der Waals surface area contributed by atoms with Crippen LogP contribution in [0.4, 0.5) is 0 Å². The van der Waals surface area contributed by atoms with E-state index >= 15 is 0 Å². The van der Waals surface area contributed by atoms with Crippen molar-refractivity contribution in [3.05, 3.63) is 100 Å². The van der Waals surface area contributed by atoms with E-state index in [4.69, 9.17) is 38.4 Å². The predicted octanol–water partition coefficient (Wildman–Crippen LogP) is 6.37. The van der Waals surface area contributed by atoms with Gasteiger partial charge in [-0.15, -0.1) is 0 Å². The number of carbonyl (C=O) groups excluding carboxylic acids is 1. The minimum atomic E-state index is -0.157. The molecule has 184 valence electrons. The van der Waals surface area contributed by atoms with Crippen molar-refractivity contribution >= 4 is 51.9 Å². The highest BCUT2D eigenvalue weighted by Crippen LogP contribution is 2.38. The number of benzene rings is 3. The summed E-state index contributed by atoms with van der Waals surface area (Å²) in [6.07, 6.45) is 3.77. The van der Waals surface area contributed by atoms with Crippen molar-refractivity contribution in [1.29, 1.82) is 0 Å². The maximum atomic E-state index is 13.4. The van der Waals surface area contributed by atoms with Crippen molar-refractivity contribution in [2.75, 3.05) is 13.2 Å². The fourth-order valence-corrected chi connectivity index (χ4v) is 5.64. The zero-order chi connectivity index (χ0) is 25.4. The molecule has 6 rings (SSSR count). The van der Waals surface area contributed by atoms with Gasteiger partial charge in [-0.05, 0) is 48.0 Å². The third kappa shape index (κ3) is 4.75. The van der Waals surface area contributed by atoms with Crippen molar-refractivity contribution in [1.82, 2.24) is 14.7 Å². The maximum Gasteiger partial charge on any atom is 0.266 e. The van der Waals surface area contributed by atoms with Crippen LogP contribution in [0.2, 0.25) is 5.02 Å². The van der Waals surface area contributed by atoms with E-state index in [9.17, 15) is 4.79 Å². The van der Waals surface area contributed by atoms with Gasteiger partial charge in [-0.25, -0.2) is 4.68 Å². The zero-order valence-corrected chi connectivity index (χ0v) is 21.9. The first kappa shape index (κ1) is 23.8. The maximum absolute atomic E-state index is 13.4. The molecule has 2 aliphatic rings. The van der Waals surface area contributed by atoms with Crippen molar-refractivity contribution in [2.24, 2.45) is 0 Å². The number of amides is 1. The van der Waals surface area contributed by atoms with Gasteiger partial charge >= 0.3 is 0 Å². The number of aromatic nitrogens is 2. The first-order valence-corrected chi connectivity index (χ1v) is 13.2. The Balaban J connectivity index is 1.39. The third-order valence-corrected chi connectivity index (χ3v) is 7.77. The van der Waals surface area contributed by atoms with Gasteiger partial charge in [0.2, 0.25) is 0 Å². The molecule has 1 amide bonds. The lowest BCUT2D eigenvalue weighted by Crippen LogP contribution is -2.27. The molecule has 6 nitrogen and oxygen atoms in total. The van der Waals surface area contributed by atoms with Crippen LogP contribution in [0.1, 0.15) is 11.1 Å². The molecule has 2 aliphatic heterocycles. The SMILES string of the molecule is O=C1/C(=C/c2cn(-c3ccccc3)nc2-c2ccc3c(c2)OCCO3)SC(=S)N1Cc1ccccc1Cl. The summed E-state index contributed by atoms with van der Waals surface area (Å²) < 4.78 is 13.8. The minimum Gasteiger partial charge on any atom is -0.486 e. The van der Waals surface area contributed by atoms with Gasteiger partial charge in [0.1, 0.15) is 23.2 Å². The molecule has 0 bridgehead atoms. The summed E-state index contributed by atoms with van der Waals surface area (Å²) >= 11 is 13.2. The molecule has 0 N–H and O–H groups in total. The van der Waals surface area contributed by atoms with Crippen LogP contribution < -0.4 is 9.47 Å². The first-order valence-electron chi connectivity index (χ1n) is 11.6. The van der Waals surface area contributed by atoms with Gasteiger partial charge in [0.05, 0.1) is 17.1 Å². The number of nitrogens with zero attached hydrogens (tertiary/aromatic N) is 3. The first-order chi connectivity index (χ1) is 18.1. The number of thioether (sulfide) groups is 1. The summed E-state index contributed by atoms with van der Waals surface area (Å²) in [5, 5.41) is 5.48. The number of fused-ring (bicyclic) bond motifs is 1. The van der Waals surface area contributed by atoms with Gasteiger partial charge in [0, 0.05) is 22.3 Å². The van der Waals surface area contributed by atoms with E-state index in [0.717, 1.165) is 28.1 Å². The molecular formula is C28H20ClN3O3S2. The molecule has 0 unspecified atom stereocenters. The zero-order valence-electron chi connectivity index (χ0n) is 19.5. The summed E-state index contributed by atoms with van der Waals surface area (Å²) in [6.45, 7) is 1.34. The molecule has 0 radical (unpaired) electrons. The Morgan fingerprint density at radius 2 is 1.76 bits per heavy atom. The monoisotopic (exact) mass is 545 g/mol. The van der Waals surface area contributed by atoms with Crippen LogP contribution in [-0.2, 0) is 11.3 Å². The lowest BCUT2D eigenvalue weighted by atomic mass is 10.1. The highest BCUT2D eigenvalue weighted by molar-refractivity contribution is 8.26. The number of thiocarbonyl (C=S) groups is 1. The molecule has 0 spiro atoms. The Kier molecular flexibility index (Phi) is 6.46. The average Bonchev–Trinajstić information content (AvgIpc) is 3.46. The third-order valence-electron chi connectivity index (χ3n) is 6.03. The predicted molar refractivity (Wildman–Crippen MR) is 150 cm³/mol. The lowest BCUT2D eigenvalue weighted by molar-refractivity contribution is -0.122. The van der Waals surface area contributed by atoms with E-state index in [2.05, 4.69) is 0 Å². The molecule has 37 heavy (non-hydrogen) atoms. The van der Waals surface area contributed by atoms with Gasteiger partial charge < -0.3 is 9.47 Å². The smallest absolute Gasteiger partial charge is 0.266 e. The van der Waals surface area contributed by atoms with Gasteiger partial charge in [-0.2, -0.15) is 5.10 Å². The van der Waals surface area contributed by atoms with E-state index in [-0.39, 0.29) is 5.91 Å². The molecule has 3 aromatic carbocycles. The second-order valence-electron chi connectivity index (χ2n) is 8.43. The number of rotatable bonds is 5. The van der Waals surface area contributed by atoms with Crippen molar-refractivity contribution < 1.29 is 14.3 Å². The number of hydrogen-bond donors (Lipinski definition) is 0. The Morgan fingerprint density at radius 1 is 1.00 bits per heavy atom. The molecule has 4 aromatic rings. The van der Waals surface area contributed by atoms with E-state index in [1.807, 2.05) is 89.8 Å². The molecule has 3 heterocycles. The summed E-state index contributed by atoms with van der Waals surface area (Å²) in [5.74, 6) is 1.23. The Hall–Kier alpha value is -3.59. The molecule has 0 saturated carbocycles. The Labute approximate surface area is 228 Å². The molecular weight excluding hydrogens is 526 g/mol. The van der Waals surface area contributed by atoms with Gasteiger partial charge in [-0.3, -0.25) is 9.69 Å². The van der Waals surface area contributed by atoms with Crippen LogP contribution in [0.15, 0.2) is 83.9 Å². The summed E-state index contributed by atoms with van der Waals surface area (Å²) in [5.41, 5.74) is 4.12. The fourth-order valence-electron chi connectivity index (χ4n) is 4.20. The summed E-state index contributed by atoms with van der Waals surface area (Å²) in [4.78, 5) is 15.5. The van der Waals surface area contributed by atoms with Gasteiger partial charge in [0.15, 0.2) is 11.5 Å². The molecule has 1 aromatic heterocycles. The number of hydrogen-bond acceptors (Lipinski definition) is 6. The Bertz CT molecular complexity index is 1550. The van der Waals surface area contributed by atoms with E-state index in [1.54, 1.807) is 4.90 Å². The van der Waals surface area contributed by atoms with Gasteiger partial charge in [-0.1, -0.05) is 72.0 Å². The standard InChI is InChI=1S/C28H20ClN3O3S2/c29-22-9-5-4-6-19(22)16-31-27(33)25(37-28(31)36)15-20-17-32(21-7-2-1-3-8-21)30-26(20)18-10-11-23-24(14-18)35-13-12-34-23/h1-11,14-15,17H,12-13,16H2/b25-15-. The highest BCUT2D eigenvalue weighted by Gasteiger charge is 2.33. The molecule has 0 aliphatic carbocycles. The molecule has 0 atom stereocenters. The molecule has 9 heteroatoms. The number of halogens is 1. The van der Waals surface area contributed by atoms with E-state index in [1.165, 1.54) is 11.8 Å². The van der Waals surface area contributed by atoms with Crippen LogP contribution in [0, 0.1) is 0 Å². The number of carbonyl (C=O) groups is 1. The quantitative estimate of drug-likeness (QED) is 0.215. The normalized spacial score (nSPS) is 16.0. The minimum absolute atomic E-state index is 0.157. The molecule has 1 fully saturated rings. The lowest BCUT2D eigenvalue weighted by Gasteiger charge is -2.18. The van der Waals surface area contributed by atoms with Gasteiger partial charge in [0.25, 0.3) is 5.91 Å². The Morgan fingerprint density at radius 3 is 2.57 bits per heavy atom. The fraction of sp³-hybridized carbons (Fsp3) is 0.107. The van der Waals surface area contributed by atoms with Crippen LogP contribution in [0.25, 0.3) is 23.0 Å². The average molecular weight is 546 g/mol. The van der Waals surface area contributed by atoms with E-state index < -0.39 is 0 Å². The number of ether oxygens (including phenoxy) is 2.